The molecule has 1 atom stereocenters. The van der Waals surface area contributed by atoms with Crippen molar-refractivity contribution < 1.29 is 0 Å². The van der Waals surface area contributed by atoms with Crippen LogP contribution >= 0.6 is 0 Å². The van der Waals surface area contributed by atoms with Gasteiger partial charge in [-0.3, -0.25) is 11.3 Å². The van der Waals surface area contributed by atoms with Crippen LogP contribution in [0, 0.1) is 11.8 Å². The number of nitrogens with two attached hydrogens (primary N) is 1. The molecule has 0 bridgehead atoms. The zero-order chi connectivity index (χ0) is 8.97. The Bertz CT molecular complexity index is 117. The second kappa shape index (κ2) is 4.83. The number of rotatable bonds is 4. The summed E-state index contributed by atoms with van der Waals surface area (Å²) in [6.45, 7) is 4.53. The lowest BCUT2D eigenvalue weighted by molar-refractivity contribution is 0.312. The van der Waals surface area contributed by atoms with Crippen molar-refractivity contribution in [2.45, 2.75) is 52.0 Å². The van der Waals surface area contributed by atoms with Crippen LogP contribution in [0.1, 0.15) is 46.0 Å². The minimum Gasteiger partial charge on any atom is -0.271 e. The van der Waals surface area contributed by atoms with E-state index in [9.17, 15) is 0 Å². The minimum absolute atomic E-state index is 0.562. The van der Waals surface area contributed by atoms with Gasteiger partial charge in [0.15, 0.2) is 0 Å². The summed E-state index contributed by atoms with van der Waals surface area (Å²) in [5.74, 6) is 7.15. The molecule has 1 aliphatic carbocycles. The standard InChI is InChI=1S/C10H22N2/c1-8(2)7-10(12-11)9-5-3-4-6-9/h8-10,12H,3-7,11H2,1-2H3. The molecule has 0 aromatic rings. The minimum atomic E-state index is 0.562. The lowest BCUT2D eigenvalue weighted by Crippen LogP contribution is -2.40. The summed E-state index contributed by atoms with van der Waals surface area (Å²) in [5, 5.41) is 0. The van der Waals surface area contributed by atoms with Crippen LogP contribution in [0.4, 0.5) is 0 Å². The van der Waals surface area contributed by atoms with E-state index in [0.717, 1.165) is 11.8 Å². The Labute approximate surface area is 75.9 Å². The van der Waals surface area contributed by atoms with Crippen LogP contribution in [0.15, 0.2) is 0 Å². The molecule has 1 rings (SSSR count). The molecule has 1 saturated carbocycles. The van der Waals surface area contributed by atoms with E-state index < -0.39 is 0 Å². The molecule has 0 heterocycles. The van der Waals surface area contributed by atoms with Gasteiger partial charge in [-0.15, -0.1) is 0 Å². The van der Waals surface area contributed by atoms with Gasteiger partial charge < -0.3 is 0 Å². The molecule has 0 saturated heterocycles. The Balaban J connectivity index is 2.32. The summed E-state index contributed by atoms with van der Waals surface area (Å²) in [6, 6.07) is 0.562. The van der Waals surface area contributed by atoms with Crippen molar-refractivity contribution >= 4 is 0 Å². The van der Waals surface area contributed by atoms with Crippen LogP contribution in [0.5, 0.6) is 0 Å². The highest BCUT2D eigenvalue weighted by Crippen LogP contribution is 2.29. The molecule has 0 amide bonds. The monoisotopic (exact) mass is 170 g/mol. The van der Waals surface area contributed by atoms with Crippen LogP contribution in [0.3, 0.4) is 0 Å². The zero-order valence-corrected chi connectivity index (χ0v) is 8.34. The van der Waals surface area contributed by atoms with E-state index in [2.05, 4.69) is 19.3 Å². The molecule has 3 N–H and O–H groups in total. The average Bonchev–Trinajstić information content (AvgIpc) is 2.51. The number of nitrogens with one attached hydrogen (secondary N) is 1. The third-order valence-electron chi connectivity index (χ3n) is 2.91. The van der Waals surface area contributed by atoms with Crippen molar-refractivity contribution in [3.8, 4) is 0 Å². The fourth-order valence-corrected chi connectivity index (χ4v) is 2.26. The molecule has 1 aliphatic rings. The molecule has 0 aromatic carbocycles. The molecule has 1 fully saturated rings. The fourth-order valence-electron chi connectivity index (χ4n) is 2.26. The van der Waals surface area contributed by atoms with Crippen molar-refractivity contribution in [2.24, 2.45) is 17.7 Å². The van der Waals surface area contributed by atoms with E-state index in [1.165, 1.54) is 32.1 Å². The molecule has 0 spiro atoms. The van der Waals surface area contributed by atoms with Crippen LogP contribution in [-0.2, 0) is 0 Å². The molecule has 72 valence electrons. The first-order valence-electron chi connectivity index (χ1n) is 5.20. The lowest BCUT2D eigenvalue weighted by atomic mass is 9.91. The number of hydrazine groups is 1. The largest absolute Gasteiger partial charge is 0.271 e. The van der Waals surface area contributed by atoms with Crippen LogP contribution in [-0.4, -0.2) is 6.04 Å². The Morgan fingerprint density at radius 2 is 1.92 bits per heavy atom. The van der Waals surface area contributed by atoms with Gasteiger partial charge >= 0.3 is 0 Å². The third-order valence-corrected chi connectivity index (χ3v) is 2.91. The normalized spacial score (nSPS) is 22.0. The highest BCUT2D eigenvalue weighted by Gasteiger charge is 2.24. The van der Waals surface area contributed by atoms with Gasteiger partial charge in [0.05, 0.1) is 0 Å². The highest BCUT2D eigenvalue weighted by atomic mass is 15.2. The van der Waals surface area contributed by atoms with Gasteiger partial charge in [-0.2, -0.15) is 0 Å². The van der Waals surface area contributed by atoms with E-state index >= 15 is 0 Å². The van der Waals surface area contributed by atoms with Gasteiger partial charge in [-0.1, -0.05) is 26.7 Å². The molecule has 12 heavy (non-hydrogen) atoms. The Kier molecular flexibility index (Phi) is 4.02. The quantitative estimate of drug-likeness (QED) is 0.500. The van der Waals surface area contributed by atoms with E-state index in [-0.39, 0.29) is 0 Å². The molecule has 0 aromatic heterocycles. The summed E-state index contributed by atoms with van der Waals surface area (Å²) in [6.07, 6.45) is 6.78. The summed E-state index contributed by atoms with van der Waals surface area (Å²) in [7, 11) is 0. The second-order valence-electron chi connectivity index (χ2n) is 4.45. The van der Waals surface area contributed by atoms with Gasteiger partial charge in [-0.25, -0.2) is 0 Å². The Hall–Kier alpha value is -0.0800. The molecule has 0 radical (unpaired) electrons. The van der Waals surface area contributed by atoms with E-state index in [1.807, 2.05) is 0 Å². The highest BCUT2D eigenvalue weighted by molar-refractivity contribution is 4.79. The lowest BCUT2D eigenvalue weighted by Gasteiger charge is -2.24. The van der Waals surface area contributed by atoms with E-state index in [0.29, 0.717) is 6.04 Å². The first-order chi connectivity index (χ1) is 5.74. The smallest absolute Gasteiger partial charge is 0.0241 e. The van der Waals surface area contributed by atoms with Gasteiger partial charge in [0.25, 0.3) is 0 Å². The summed E-state index contributed by atoms with van der Waals surface area (Å²) < 4.78 is 0. The average molecular weight is 170 g/mol. The van der Waals surface area contributed by atoms with Gasteiger partial charge in [0.2, 0.25) is 0 Å². The molecule has 2 nitrogen and oxygen atoms in total. The van der Waals surface area contributed by atoms with Gasteiger partial charge in [0, 0.05) is 6.04 Å². The molecule has 2 heteroatoms. The first kappa shape index (κ1) is 10.0. The molecule has 0 aliphatic heterocycles. The Morgan fingerprint density at radius 1 is 1.33 bits per heavy atom. The first-order valence-corrected chi connectivity index (χ1v) is 5.20. The zero-order valence-electron chi connectivity index (χ0n) is 8.34. The topological polar surface area (TPSA) is 38.0 Å². The van der Waals surface area contributed by atoms with Crippen molar-refractivity contribution in [3.05, 3.63) is 0 Å². The predicted octanol–water partition coefficient (Wildman–Crippen LogP) is 2.05. The van der Waals surface area contributed by atoms with Crippen molar-refractivity contribution in [2.75, 3.05) is 0 Å². The second-order valence-corrected chi connectivity index (χ2v) is 4.45. The van der Waals surface area contributed by atoms with Gasteiger partial charge in [-0.05, 0) is 31.1 Å². The van der Waals surface area contributed by atoms with Crippen molar-refractivity contribution in [1.29, 1.82) is 0 Å². The maximum atomic E-state index is 5.55. The van der Waals surface area contributed by atoms with Crippen molar-refractivity contribution in [3.63, 3.8) is 0 Å². The number of hydrogen-bond donors (Lipinski definition) is 2. The summed E-state index contributed by atoms with van der Waals surface area (Å²) in [5.41, 5.74) is 2.98. The maximum Gasteiger partial charge on any atom is 0.0241 e. The maximum absolute atomic E-state index is 5.55. The fraction of sp³-hybridized carbons (Fsp3) is 1.00. The summed E-state index contributed by atoms with van der Waals surface area (Å²) >= 11 is 0. The van der Waals surface area contributed by atoms with Crippen molar-refractivity contribution in [1.82, 2.24) is 5.43 Å². The van der Waals surface area contributed by atoms with Crippen LogP contribution in [0.25, 0.3) is 0 Å². The number of hydrogen-bond acceptors (Lipinski definition) is 2. The van der Waals surface area contributed by atoms with Crippen LogP contribution in [0.2, 0.25) is 0 Å². The van der Waals surface area contributed by atoms with E-state index in [4.69, 9.17) is 5.84 Å². The Morgan fingerprint density at radius 3 is 2.33 bits per heavy atom. The third kappa shape index (κ3) is 2.76. The molecule has 1 unspecified atom stereocenters. The SMILES string of the molecule is CC(C)CC(NN)C1CCCC1. The van der Waals surface area contributed by atoms with E-state index in [1.54, 1.807) is 0 Å². The van der Waals surface area contributed by atoms with Crippen LogP contribution < -0.4 is 11.3 Å². The molecular formula is C10H22N2. The predicted molar refractivity (Wildman–Crippen MR) is 52.5 cm³/mol. The van der Waals surface area contributed by atoms with Gasteiger partial charge in [0.1, 0.15) is 0 Å². The summed E-state index contributed by atoms with van der Waals surface area (Å²) in [4.78, 5) is 0. The molecular weight excluding hydrogens is 148 g/mol.